The van der Waals surface area contributed by atoms with Crippen LogP contribution < -0.4 is 20.9 Å². The number of ether oxygens (including phenoxy) is 1. The maximum atomic E-state index is 12.3. The number of para-hydroxylation sites is 1. The number of carbonyl (C=O) groups excluding carboxylic acids is 3. The molecule has 0 saturated carbocycles. The van der Waals surface area contributed by atoms with Gasteiger partial charge in [0.05, 0.1) is 0 Å². The van der Waals surface area contributed by atoms with Gasteiger partial charge in [-0.15, -0.1) is 0 Å². The Morgan fingerprint density at radius 3 is 1.94 bits per heavy atom. The van der Waals surface area contributed by atoms with Crippen LogP contribution in [0.25, 0.3) is 0 Å². The summed E-state index contributed by atoms with van der Waals surface area (Å²) < 4.78 is 5.65. The van der Waals surface area contributed by atoms with Gasteiger partial charge in [0.25, 0.3) is 17.7 Å². The van der Waals surface area contributed by atoms with Gasteiger partial charge in [-0.2, -0.15) is 0 Å². The largest absolute Gasteiger partial charge is 0.481 e. The van der Waals surface area contributed by atoms with Gasteiger partial charge in [0, 0.05) is 16.8 Å². The molecular formula is C24H23N3O4. The Morgan fingerprint density at radius 1 is 0.742 bits per heavy atom. The van der Waals surface area contributed by atoms with Crippen LogP contribution in [-0.2, 0) is 4.79 Å². The number of anilines is 1. The first-order valence-electron chi connectivity index (χ1n) is 9.85. The summed E-state index contributed by atoms with van der Waals surface area (Å²) in [5.74, 6) is -0.603. The standard InChI is InChI=1S/C24H23N3O4/c1-2-21(31-20-11-7-4-8-12-20)24(30)27-26-23(29)18-13-15-19(16-14-18)25-22(28)17-9-5-3-6-10-17/h3-16,21H,2H2,1H3,(H,25,28)(H,26,29)(H,27,30). The molecule has 158 valence electrons. The molecule has 0 bridgehead atoms. The van der Waals surface area contributed by atoms with E-state index in [9.17, 15) is 14.4 Å². The first-order chi connectivity index (χ1) is 15.1. The molecule has 0 aliphatic carbocycles. The Hall–Kier alpha value is -4.13. The first-order valence-corrected chi connectivity index (χ1v) is 9.85. The number of hydrazine groups is 1. The zero-order valence-electron chi connectivity index (χ0n) is 17.0. The van der Waals surface area contributed by atoms with E-state index in [2.05, 4.69) is 16.2 Å². The van der Waals surface area contributed by atoms with Gasteiger partial charge >= 0.3 is 0 Å². The average Bonchev–Trinajstić information content (AvgIpc) is 2.82. The lowest BCUT2D eigenvalue weighted by Gasteiger charge is -2.17. The number of hydrogen-bond donors (Lipinski definition) is 3. The lowest BCUT2D eigenvalue weighted by molar-refractivity contribution is -0.128. The lowest BCUT2D eigenvalue weighted by atomic mass is 10.1. The van der Waals surface area contributed by atoms with Crippen LogP contribution in [-0.4, -0.2) is 23.8 Å². The zero-order valence-corrected chi connectivity index (χ0v) is 17.0. The molecule has 0 aliphatic heterocycles. The Kier molecular flexibility index (Phi) is 7.37. The zero-order chi connectivity index (χ0) is 22.1. The predicted molar refractivity (Wildman–Crippen MR) is 118 cm³/mol. The number of carbonyl (C=O) groups is 3. The molecule has 3 aromatic carbocycles. The normalized spacial score (nSPS) is 11.1. The van der Waals surface area contributed by atoms with Gasteiger partial charge in [0.15, 0.2) is 6.10 Å². The van der Waals surface area contributed by atoms with Gasteiger partial charge < -0.3 is 10.1 Å². The molecular weight excluding hydrogens is 394 g/mol. The van der Waals surface area contributed by atoms with Crippen molar-refractivity contribution < 1.29 is 19.1 Å². The van der Waals surface area contributed by atoms with Crippen molar-refractivity contribution in [3.05, 3.63) is 96.1 Å². The molecule has 0 saturated heterocycles. The van der Waals surface area contributed by atoms with Crippen molar-refractivity contribution in [2.75, 3.05) is 5.32 Å². The topological polar surface area (TPSA) is 96.5 Å². The molecule has 0 aromatic heterocycles. The summed E-state index contributed by atoms with van der Waals surface area (Å²) in [4.78, 5) is 36.8. The highest BCUT2D eigenvalue weighted by Crippen LogP contribution is 2.13. The highest BCUT2D eigenvalue weighted by Gasteiger charge is 2.19. The van der Waals surface area contributed by atoms with E-state index >= 15 is 0 Å². The van der Waals surface area contributed by atoms with Gasteiger partial charge in [-0.25, -0.2) is 0 Å². The molecule has 0 radical (unpaired) electrons. The molecule has 0 aliphatic rings. The van der Waals surface area contributed by atoms with E-state index in [0.29, 0.717) is 29.0 Å². The van der Waals surface area contributed by atoms with Crippen LogP contribution in [0.2, 0.25) is 0 Å². The molecule has 3 aromatic rings. The maximum Gasteiger partial charge on any atom is 0.279 e. The van der Waals surface area contributed by atoms with Gasteiger partial charge in [-0.3, -0.25) is 25.2 Å². The second kappa shape index (κ2) is 10.6. The summed E-state index contributed by atoms with van der Waals surface area (Å²) in [5.41, 5.74) is 6.19. The summed E-state index contributed by atoms with van der Waals surface area (Å²) >= 11 is 0. The van der Waals surface area contributed by atoms with Gasteiger partial charge in [-0.05, 0) is 55.0 Å². The molecule has 1 atom stereocenters. The van der Waals surface area contributed by atoms with Crippen LogP contribution in [0.15, 0.2) is 84.9 Å². The minimum absolute atomic E-state index is 0.242. The van der Waals surface area contributed by atoms with Crippen LogP contribution in [0.3, 0.4) is 0 Å². The van der Waals surface area contributed by atoms with Gasteiger partial charge in [0.2, 0.25) is 0 Å². The third kappa shape index (κ3) is 6.17. The van der Waals surface area contributed by atoms with Crippen molar-refractivity contribution in [3.8, 4) is 5.75 Å². The molecule has 7 nitrogen and oxygen atoms in total. The summed E-state index contributed by atoms with van der Waals surface area (Å²) in [6, 6.07) is 24.2. The lowest BCUT2D eigenvalue weighted by Crippen LogP contribution is -2.47. The van der Waals surface area contributed by atoms with E-state index in [1.54, 1.807) is 60.7 Å². The smallest absolute Gasteiger partial charge is 0.279 e. The monoisotopic (exact) mass is 417 g/mol. The maximum absolute atomic E-state index is 12.3. The molecule has 0 heterocycles. The molecule has 0 spiro atoms. The van der Waals surface area contributed by atoms with Crippen molar-refractivity contribution in [3.63, 3.8) is 0 Å². The second-order valence-corrected chi connectivity index (χ2v) is 6.67. The summed E-state index contributed by atoms with van der Waals surface area (Å²) in [7, 11) is 0. The van der Waals surface area contributed by atoms with Crippen molar-refractivity contribution >= 4 is 23.4 Å². The third-order valence-electron chi connectivity index (χ3n) is 4.42. The van der Waals surface area contributed by atoms with E-state index in [1.807, 2.05) is 31.2 Å². The van der Waals surface area contributed by atoms with E-state index in [-0.39, 0.29) is 5.91 Å². The van der Waals surface area contributed by atoms with Crippen LogP contribution in [0.4, 0.5) is 5.69 Å². The number of amides is 3. The van der Waals surface area contributed by atoms with Crippen molar-refractivity contribution in [2.45, 2.75) is 19.4 Å². The number of rotatable bonds is 7. The van der Waals surface area contributed by atoms with Crippen LogP contribution in [0.1, 0.15) is 34.1 Å². The van der Waals surface area contributed by atoms with Crippen LogP contribution >= 0.6 is 0 Å². The van der Waals surface area contributed by atoms with Gasteiger partial charge in [-0.1, -0.05) is 43.3 Å². The fourth-order valence-corrected chi connectivity index (χ4v) is 2.75. The molecule has 3 amide bonds. The summed E-state index contributed by atoms with van der Waals surface area (Å²) in [6.45, 7) is 1.82. The molecule has 3 N–H and O–H groups in total. The highest BCUT2D eigenvalue weighted by molar-refractivity contribution is 6.04. The van der Waals surface area contributed by atoms with E-state index in [4.69, 9.17) is 4.74 Å². The fraction of sp³-hybridized carbons (Fsp3) is 0.125. The summed E-state index contributed by atoms with van der Waals surface area (Å²) in [6.07, 6.45) is -0.301. The second-order valence-electron chi connectivity index (χ2n) is 6.67. The Bertz CT molecular complexity index is 1020. The Morgan fingerprint density at radius 2 is 1.32 bits per heavy atom. The predicted octanol–water partition coefficient (Wildman–Crippen LogP) is 3.56. The third-order valence-corrected chi connectivity index (χ3v) is 4.42. The van der Waals surface area contributed by atoms with Crippen molar-refractivity contribution in [2.24, 2.45) is 0 Å². The highest BCUT2D eigenvalue weighted by atomic mass is 16.5. The Balaban J connectivity index is 1.52. The number of hydrogen-bond acceptors (Lipinski definition) is 4. The van der Waals surface area contributed by atoms with Crippen molar-refractivity contribution in [1.82, 2.24) is 10.9 Å². The van der Waals surface area contributed by atoms with E-state index in [0.717, 1.165) is 0 Å². The number of benzene rings is 3. The molecule has 0 fully saturated rings. The number of nitrogens with one attached hydrogen (secondary N) is 3. The minimum atomic E-state index is -0.738. The van der Waals surface area contributed by atoms with E-state index < -0.39 is 17.9 Å². The minimum Gasteiger partial charge on any atom is -0.481 e. The van der Waals surface area contributed by atoms with E-state index in [1.165, 1.54) is 0 Å². The molecule has 31 heavy (non-hydrogen) atoms. The fourth-order valence-electron chi connectivity index (χ4n) is 2.75. The van der Waals surface area contributed by atoms with Crippen LogP contribution in [0.5, 0.6) is 5.75 Å². The SMILES string of the molecule is CCC(Oc1ccccc1)C(=O)NNC(=O)c1ccc(NC(=O)c2ccccc2)cc1. The average molecular weight is 417 g/mol. The first kappa shape index (κ1) is 21.6. The quantitative estimate of drug-likeness (QED) is 0.512. The molecule has 7 heteroatoms. The molecule has 3 rings (SSSR count). The molecule has 1 unspecified atom stereocenters. The Labute approximate surface area is 180 Å². The summed E-state index contributed by atoms with van der Waals surface area (Å²) in [5, 5.41) is 2.76. The van der Waals surface area contributed by atoms with Crippen molar-refractivity contribution in [1.29, 1.82) is 0 Å². The van der Waals surface area contributed by atoms with Gasteiger partial charge in [0.1, 0.15) is 5.75 Å². The van der Waals surface area contributed by atoms with Crippen LogP contribution in [0, 0.1) is 0 Å².